The zero-order valence-corrected chi connectivity index (χ0v) is 12.3. The third-order valence-corrected chi connectivity index (χ3v) is 4.05. The molecule has 0 saturated carbocycles. The standard InChI is InChI=1S/C17H20N2O2/c1-2-18-9-11-19(12-10-18)17(20)16-15(8-13-21-16)14-6-4-3-5-7-14/h3-8,13H,2,9-12H2,1H3. The van der Waals surface area contributed by atoms with Crippen molar-refractivity contribution < 1.29 is 9.21 Å². The molecule has 1 amide bonds. The second kappa shape index (κ2) is 6.14. The molecule has 1 saturated heterocycles. The Bertz CT molecular complexity index is 598. The molecule has 110 valence electrons. The average Bonchev–Trinajstić information content (AvgIpc) is 3.04. The fourth-order valence-corrected chi connectivity index (χ4v) is 2.73. The molecule has 1 aliphatic heterocycles. The number of carbonyl (C=O) groups is 1. The van der Waals surface area contributed by atoms with Gasteiger partial charge in [0.25, 0.3) is 5.91 Å². The number of amides is 1. The van der Waals surface area contributed by atoms with Crippen LogP contribution in [0.5, 0.6) is 0 Å². The summed E-state index contributed by atoms with van der Waals surface area (Å²) >= 11 is 0. The normalized spacial score (nSPS) is 16.1. The highest BCUT2D eigenvalue weighted by molar-refractivity contribution is 5.98. The molecule has 4 heteroatoms. The molecule has 21 heavy (non-hydrogen) atoms. The maximum atomic E-state index is 12.7. The maximum absolute atomic E-state index is 12.7. The Balaban J connectivity index is 1.79. The predicted molar refractivity (Wildman–Crippen MR) is 82.2 cm³/mol. The Labute approximate surface area is 125 Å². The van der Waals surface area contributed by atoms with Gasteiger partial charge >= 0.3 is 0 Å². The van der Waals surface area contributed by atoms with Crippen molar-refractivity contribution in [3.63, 3.8) is 0 Å². The lowest BCUT2D eigenvalue weighted by Gasteiger charge is -2.33. The van der Waals surface area contributed by atoms with E-state index in [0.29, 0.717) is 5.76 Å². The van der Waals surface area contributed by atoms with Crippen LogP contribution in [0.15, 0.2) is 47.1 Å². The monoisotopic (exact) mass is 284 g/mol. The van der Waals surface area contributed by atoms with E-state index < -0.39 is 0 Å². The number of hydrogen-bond donors (Lipinski definition) is 0. The smallest absolute Gasteiger partial charge is 0.290 e. The van der Waals surface area contributed by atoms with Crippen molar-refractivity contribution in [1.29, 1.82) is 0 Å². The van der Waals surface area contributed by atoms with Gasteiger partial charge in [0.15, 0.2) is 5.76 Å². The fraction of sp³-hybridized carbons (Fsp3) is 0.353. The van der Waals surface area contributed by atoms with Gasteiger partial charge < -0.3 is 14.2 Å². The topological polar surface area (TPSA) is 36.7 Å². The highest BCUT2D eigenvalue weighted by atomic mass is 16.3. The van der Waals surface area contributed by atoms with E-state index >= 15 is 0 Å². The van der Waals surface area contributed by atoms with Crippen LogP contribution < -0.4 is 0 Å². The van der Waals surface area contributed by atoms with Crippen LogP contribution in [-0.4, -0.2) is 48.4 Å². The highest BCUT2D eigenvalue weighted by Crippen LogP contribution is 2.26. The van der Waals surface area contributed by atoms with E-state index in [0.717, 1.165) is 43.9 Å². The molecule has 1 aliphatic rings. The number of carbonyl (C=O) groups excluding carboxylic acids is 1. The second-order valence-electron chi connectivity index (χ2n) is 5.26. The van der Waals surface area contributed by atoms with Gasteiger partial charge in [0.2, 0.25) is 0 Å². The molecule has 0 radical (unpaired) electrons. The van der Waals surface area contributed by atoms with Gasteiger partial charge in [-0.1, -0.05) is 37.3 Å². The van der Waals surface area contributed by atoms with Crippen molar-refractivity contribution in [2.24, 2.45) is 0 Å². The summed E-state index contributed by atoms with van der Waals surface area (Å²) in [5.74, 6) is 0.445. The van der Waals surface area contributed by atoms with Crippen molar-refractivity contribution in [3.8, 4) is 11.1 Å². The molecular weight excluding hydrogens is 264 g/mol. The molecule has 0 unspecified atom stereocenters. The molecule has 2 heterocycles. The summed E-state index contributed by atoms with van der Waals surface area (Å²) in [5, 5.41) is 0. The number of rotatable bonds is 3. The van der Waals surface area contributed by atoms with Gasteiger partial charge in [-0.3, -0.25) is 4.79 Å². The van der Waals surface area contributed by atoms with Crippen LogP contribution in [0.1, 0.15) is 17.5 Å². The molecule has 0 N–H and O–H groups in total. The molecule has 1 aromatic carbocycles. The molecule has 2 aromatic rings. The highest BCUT2D eigenvalue weighted by Gasteiger charge is 2.25. The first-order valence-corrected chi connectivity index (χ1v) is 7.44. The van der Waals surface area contributed by atoms with Crippen molar-refractivity contribution in [2.45, 2.75) is 6.92 Å². The predicted octanol–water partition coefficient (Wildman–Crippen LogP) is 2.72. The van der Waals surface area contributed by atoms with Crippen LogP contribution in [-0.2, 0) is 0 Å². The Kier molecular flexibility index (Phi) is 4.06. The number of piperazine rings is 1. The van der Waals surface area contributed by atoms with E-state index in [1.807, 2.05) is 41.3 Å². The molecule has 1 aromatic heterocycles. The molecule has 4 nitrogen and oxygen atoms in total. The first-order valence-electron chi connectivity index (χ1n) is 7.44. The van der Waals surface area contributed by atoms with Crippen LogP contribution in [0.4, 0.5) is 0 Å². The average molecular weight is 284 g/mol. The van der Waals surface area contributed by atoms with E-state index in [-0.39, 0.29) is 5.91 Å². The summed E-state index contributed by atoms with van der Waals surface area (Å²) in [6.07, 6.45) is 1.60. The molecular formula is C17H20N2O2. The van der Waals surface area contributed by atoms with E-state index in [4.69, 9.17) is 4.42 Å². The Morgan fingerprint density at radius 2 is 1.81 bits per heavy atom. The van der Waals surface area contributed by atoms with Crippen LogP contribution in [0, 0.1) is 0 Å². The van der Waals surface area contributed by atoms with E-state index in [2.05, 4.69) is 11.8 Å². The van der Waals surface area contributed by atoms with Gasteiger partial charge in [-0.15, -0.1) is 0 Å². The molecule has 0 bridgehead atoms. The summed E-state index contributed by atoms with van der Waals surface area (Å²) in [6, 6.07) is 11.8. The zero-order chi connectivity index (χ0) is 14.7. The lowest BCUT2D eigenvalue weighted by molar-refractivity contribution is 0.0613. The van der Waals surface area contributed by atoms with Crippen molar-refractivity contribution in [3.05, 3.63) is 48.4 Å². The van der Waals surface area contributed by atoms with Gasteiger partial charge in [0.1, 0.15) is 0 Å². The number of nitrogens with zero attached hydrogens (tertiary/aromatic N) is 2. The Hall–Kier alpha value is -2.07. The number of benzene rings is 1. The summed E-state index contributed by atoms with van der Waals surface area (Å²) < 4.78 is 5.48. The van der Waals surface area contributed by atoms with Gasteiger partial charge in [0.05, 0.1) is 6.26 Å². The molecule has 0 aliphatic carbocycles. The quantitative estimate of drug-likeness (QED) is 0.869. The van der Waals surface area contributed by atoms with Gasteiger partial charge in [-0.25, -0.2) is 0 Å². The molecule has 3 rings (SSSR count). The van der Waals surface area contributed by atoms with Gasteiger partial charge in [0, 0.05) is 31.7 Å². The van der Waals surface area contributed by atoms with Gasteiger partial charge in [-0.05, 0) is 18.2 Å². The van der Waals surface area contributed by atoms with Crippen LogP contribution in [0.25, 0.3) is 11.1 Å². The minimum Gasteiger partial charge on any atom is -0.459 e. The van der Waals surface area contributed by atoms with Crippen LogP contribution in [0.2, 0.25) is 0 Å². The number of furan rings is 1. The van der Waals surface area contributed by atoms with Crippen molar-refractivity contribution in [1.82, 2.24) is 9.80 Å². The minimum atomic E-state index is -0.00499. The molecule has 0 atom stereocenters. The summed E-state index contributed by atoms with van der Waals surface area (Å²) in [7, 11) is 0. The van der Waals surface area contributed by atoms with E-state index in [1.54, 1.807) is 6.26 Å². The SMILES string of the molecule is CCN1CCN(C(=O)c2occc2-c2ccccc2)CC1. The van der Waals surface area contributed by atoms with Crippen molar-refractivity contribution >= 4 is 5.91 Å². The minimum absolute atomic E-state index is 0.00499. The molecule has 0 spiro atoms. The second-order valence-corrected chi connectivity index (χ2v) is 5.26. The van der Waals surface area contributed by atoms with Crippen molar-refractivity contribution in [2.75, 3.05) is 32.7 Å². The number of likely N-dealkylation sites (N-methyl/N-ethyl adjacent to an activating group) is 1. The first-order chi connectivity index (χ1) is 10.3. The zero-order valence-electron chi connectivity index (χ0n) is 12.3. The van der Waals surface area contributed by atoms with Crippen LogP contribution in [0.3, 0.4) is 0 Å². The van der Waals surface area contributed by atoms with Gasteiger partial charge in [-0.2, -0.15) is 0 Å². The lowest BCUT2D eigenvalue weighted by atomic mass is 10.1. The summed E-state index contributed by atoms with van der Waals surface area (Å²) in [6.45, 7) is 6.59. The Morgan fingerprint density at radius 3 is 2.48 bits per heavy atom. The molecule has 1 fully saturated rings. The first kappa shape index (κ1) is 13.9. The number of hydrogen-bond acceptors (Lipinski definition) is 3. The maximum Gasteiger partial charge on any atom is 0.290 e. The summed E-state index contributed by atoms with van der Waals surface area (Å²) in [5.41, 5.74) is 1.89. The van der Waals surface area contributed by atoms with Crippen LogP contribution >= 0.6 is 0 Å². The fourth-order valence-electron chi connectivity index (χ4n) is 2.73. The summed E-state index contributed by atoms with van der Waals surface area (Å²) in [4.78, 5) is 16.9. The van der Waals surface area contributed by atoms with E-state index in [9.17, 15) is 4.79 Å². The third kappa shape index (κ3) is 2.85. The Morgan fingerprint density at radius 1 is 1.10 bits per heavy atom. The largest absolute Gasteiger partial charge is 0.459 e. The van der Waals surface area contributed by atoms with E-state index in [1.165, 1.54) is 0 Å². The lowest BCUT2D eigenvalue weighted by Crippen LogP contribution is -2.48. The third-order valence-electron chi connectivity index (χ3n) is 4.05.